The average molecular weight is 666 g/mol. The number of hydrogen-bond donors (Lipinski definition) is 0. The highest BCUT2D eigenvalue weighted by Crippen LogP contribution is 2.65. The number of rotatable bonds is 6. The topological polar surface area (TPSA) is 50.7 Å². The van der Waals surface area contributed by atoms with Crippen molar-refractivity contribution in [1.82, 2.24) is 19.8 Å². The van der Waals surface area contributed by atoms with Gasteiger partial charge in [-0.05, 0) is 111 Å². The predicted molar refractivity (Wildman–Crippen MR) is 181 cm³/mol. The summed E-state index contributed by atoms with van der Waals surface area (Å²) in [6, 6.07) is 8.31. The molecule has 8 bridgehead atoms. The first-order chi connectivity index (χ1) is 22.3. The third-order valence-corrected chi connectivity index (χ3v) is 15.2. The van der Waals surface area contributed by atoms with E-state index in [4.69, 9.17) is 32.7 Å². The van der Waals surface area contributed by atoms with Gasteiger partial charge in [0.15, 0.2) is 0 Å². The van der Waals surface area contributed by atoms with Crippen LogP contribution in [0.1, 0.15) is 88.2 Å². The zero-order valence-corrected chi connectivity index (χ0v) is 29.1. The van der Waals surface area contributed by atoms with Gasteiger partial charge < -0.3 is 9.47 Å². The lowest BCUT2D eigenvalue weighted by Crippen LogP contribution is -2.73. The van der Waals surface area contributed by atoms with E-state index in [2.05, 4.69) is 31.9 Å². The minimum Gasteiger partial charge on any atom is -0.373 e. The highest BCUT2D eigenvalue weighted by molar-refractivity contribution is 6.29. The standard InChI is InChI=1S/2C19H25ClN2O/c2*1-23-19(14-5-6-21-17(20)7-14)15-3-2-4-16(19)12-22(11-15)18-8-13(9-18)10-18/h2*5-7,13,15-16H,2-4,8-12H2,1H3. The molecule has 248 valence electrons. The molecule has 0 N–H and O–H groups in total. The van der Waals surface area contributed by atoms with Crippen molar-refractivity contribution in [1.29, 1.82) is 0 Å². The van der Waals surface area contributed by atoms with E-state index in [-0.39, 0.29) is 11.2 Å². The number of halogens is 2. The van der Waals surface area contributed by atoms with Crippen LogP contribution in [0.5, 0.6) is 0 Å². The molecule has 4 heterocycles. The van der Waals surface area contributed by atoms with Gasteiger partial charge in [0.25, 0.3) is 0 Å². The average Bonchev–Trinajstić information content (AvgIpc) is 2.93. The second-order valence-corrected chi connectivity index (χ2v) is 17.4. The second kappa shape index (κ2) is 11.1. The van der Waals surface area contributed by atoms with Gasteiger partial charge in [0.1, 0.15) is 21.5 Å². The minimum atomic E-state index is -0.162. The Kier molecular flexibility index (Phi) is 7.43. The van der Waals surface area contributed by atoms with Gasteiger partial charge in [-0.15, -0.1) is 0 Å². The summed E-state index contributed by atoms with van der Waals surface area (Å²) in [4.78, 5) is 14.0. The molecule has 8 aliphatic carbocycles. The number of hydrogen-bond acceptors (Lipinski definition) is 6. The molecule has 6 nitrogen and oxygen atoms in total. The Labute approximate surface area is 284 Å². The van der Waals surface area contributed by atoms with Crippen molar-refractivity contribution < 1.29 is 9.47 Å². The summed E-state index contributed by atoms with van der Waals surface area (Å²) >= 11 is 12.4. The smallest absolute Gasteiger partial charge is 0.129 e. The number of pyridine rings is 2. The van der Waals surface area contributed by atoms with Gasteiger partial charge in [-0.3, -0.25) is 9.80 Å². The lowest BCUT2D eigenvalue weighted by Gasteiger charge is -2.70. The quantitative estimate of drug-likeness (QED) is 0.295. The van der Waals surface area contributed by atoms with Gasteiger partial charge in [0.2, 0.25) is 0 Å². The Hall–Kier alpha value is -1.28. The molecule has 2 aromatic heterocycles. The molecule has 0 spiro atoms. The first-order valence-electron chi connectivity index (χ1n) is 18.2. The van der Waals surface area contributed by atoms with Crippen molar-refractivity contribution in [3.05, 3.63) is 58.1 Å². The van der Waals surface area contributed by atoms with E-state index >= 15 is 0 Å². The molecular formula is C38H50Cl2N4O2. The molecule has 0 radical (unpaired) electrons. The summed E-state index contributed by atoms with van der Waals surface area (Å²) in [5, 5.41) is 1.16. The minimum absolute atomic E-state index is 0.162. The van der Waals surface area contributed by atoms with Crippen LogP contribution in [-0.2, 0) is 20.7 Å². The molecule has 0 amide bonds. The third-order valence-electron chi connectivity index (χ3n) is 14.8. The van der Waals surface area contributed by atoms with Gasteiger partial charge in [0.05, 0.1) is 0 Å². The van der Waals surface area contributed by atoms with Crippen LogP contribution >= 0.6 is 23.2 Å². The fourth-order valence-corrected chi connectivity index (χ4v) is 12.8. The van der Waals surface area contributed by atoms with Crippen LogP contribution in [-0.4, -0.2) is 71.2 Å². The first-order valence-corrected chi connectivity index (χ1v) is 18.9. The van der Waals surface area contributed by atoms with Gasteiger partial charge in [-0.2, -0.15) is 0 Å². The zero-order chi connectivity index (χ0) is 31.3. The first kappa shape index (κ1) is 30.8. The molecule has 0 aromatic carbocycles. The molecule has 8 heteroatoms. The lowest BCUT2D eigenvalue weighted by atomic mass is 9.48. The highest BCUT2D eigenvalue weighted by atomic mass is 35.5. The van der Waals surface area contributed by atoms with E-state index in [0.29, 0.717) is 45.1 Å². The Morgan fingerprint density at radius 2 is 0.957 bits per heavy atom. The molecule has 4 unspecified atom stereocenters. The summed E-state index contributed by atoms with van der Waals surface area (Å²) in [5.74, 6) is 4.39. The molecule has 4 atom stereocenters. The van der Waals surface area contributed by atoms with E-state index in [1.807, 2.05) is 38.7 Å². The van der Waals surface area contributed by atoms with Crippen LogP contribution in [0.25, 0.3) is 0 Å². The number of likely N-dealkylation sites (tertiary alicyclic amines) is 2. The normalized spacial score (nSPS) is 45.2. The number of methoxy groups -OCH3 is 2. The van der Waals surface area contributed by atoms with Crippen LogP contribution in [0.3, 0.4) is 0 Å². The van der Waals surface area contributed by atoms with Gasteiger partial charge in [-0.25, -0.2) is 9.97 Å². The molecule has 2 saturated heterocycles. The summed E-state index contributed by atoms with van der Waals surface area (Å²) in [6.07, 6.45) is 20.1. The second-order valence-electron chi connectivity index (χ2n) is 16.6. The van der Waals surface area contributed by atoms with E-state index < -0.39 is 0 Å². The van der Waals surface area contributed by atoms with E-state index in [0.717, 1.165) is 11.8 Å². The van der Waals surface area contributed by atoms with Crippen LogP contribution < -0.4 is 0 Å². The zero-order valence-electron chi connectivity index (χ0n) is 27.6. The van der Waals surface area contributed by atoms with E-state index in [1.165, 1.54) is 114 Å². The molecule has 2 aliphatic heterocycles. The molecular weight excluding hydrogens is 615 g/mol. The van der Waals surface area contributed by atoms with Crippen LogP contribution in [0.15, 0.2) is 36.7 Å². The monoisotopic (exact) mass is 664 g/mol. The van der Waals surface area contributed by atoms with Crippen molar-refractivity contribution in [3.63, 3.8) is 0 Å². The van der Waals surface area contributed by atoms with Crippen LogP contribution in [0.4, 0.5) is 0 Å². The SMILES string of the molecule is COC1(c2ccnc(Cl)c2)C2CCCC1CN(C13CC(C1)C3)C2.COC1(c2ccnc(Cl)c2)C2CCCC1CN(C13CC(C1)C3)C2. The van der Waals surface area contributed by atoms with Gasteiger partial charge >= 0.3 is 0 Å². The molecule has 10 aliphatic rings. The Balaban J connectivity index is 0.000000127. The molecule has 12 rings (SSSR count). The number of piperidine rings is 2. The third kappa shape index (κ3) is 4.35. The molecule has 2 aromatic rings. The van der Waals surface area contributed by atoms with Gasteiger partial charge in [-0.1, -0.05) is 36.0 Å². The Bertz CT molecular complexity index is 1310. The van der Waals surface area contributed by atoms with E-state index in [9.17, 15) is 0 Å². The van der Waals surface area contributed by atoms with Crippen molar-refractivity contribution >= 4 is 23.2 Å². The summed E-state index contributed by atoms with van der Waals surface area (Å²) in [7, 11) is 3.80. The summed E-state index contributed by atoms with van der Waals surface area (Å²) in [6.45, 7) is 4.77. The largest absolute Gasteiger partial charge is 0.373 e. The fraction of sp³-hybridized carbons (Fsp3) is 0.737. The number of nitrogens with zero attached hydrogens (tertiary/aromatic N) is 4. The summed E-state index contributed by atoms with van der Waals surface area (Å²) in [5.41, 5.74) is 3.32. The Morgan fingerprint density at radius 3 is 1.22 bits per heavy atom. The fourth-order valence-electron chi connectivity index (χ4n) is 12.4. The molecule has 10 fully saturated rings. The molecule has 8 saturated carbocycles. The van der Waals surface area contributed by atoms with Crippen molar-refractivity contribution in [2.45, 2.75) is 99.3 Å². The van der Waals surface area contributed by atoms with Crippen LogP contribution in [0.2, 0.25) is 10.3 Å². The molecule has 46 heavy (non-hydrogen) atoms. The van der Waals surface area contributed by atoms with E-state index in [1.54, 1.807) is 0 Å². The van der Waals surface area contributed by atoms with Crippen molar-refractivity contribution in [3.8, 4) is 0 Å². The van der Waals surface area contributed by atoms with Crippen molar-refractivity contribution in [2.75, 3.05) is 40.4 Å². The highest BCUT2D eigenvalue weighted by Gasteiger charge is 2.65. The number of fused-ring (bicyclic) bond motifs is 4. The number of ether oxygens (including phenoxy) is 2. The summed E-state index contributed by atoms with van der Waals surface area (Å²) < 4.78 is 12.6. The lowest BCUT2D eigenvalue weighted by molar-refractivity contribution is -0.226. The maximum Gasteiger partial charge on any atom is 0.129 e. The predicted octanol–water partition coefficient (Wildman–Crippen LogP) is 7.72. The van der Waals surface area contributed by atoms with Crippen LogP contribution in [0, 0.1) is 35.5 Å². The van der Waals surface area contributed by atoms with Gasteiger partial charge in [0, 0.05) is 87.5 Å². The maximum absolute atomic E-state index is 6.30. The van der Waals surface area contributed by atoms with Crippen molar-refractivity contribution in [2.24, 2.45) is 35.5 Å². The maximum atomic E-state index is 6.30. The Morgan fingerprint density at radius 1 is 0.609 bits per heavy atom. The number of aromatic nitrogens is 2.